The van der Waals surface area contributed by atoms with Crippen molar-refractivity contribution in [3.8, 4) is 6.07 Å². The summed E-state index contributed by atoms with van der Waals surface area (Å²) in [6.45, 7) is 6.59. The van der Waals surface area contributed by atoms with Crippen LogP contribution in [-0.4, -0.2) is 9.73 Å². The number of thioether (sulfide) groups is 1. The second-order valence-corrected chi connectivity index (χ2v) is 6.71. The molecule has 1 heterocycles. The van der Waals surface area contributed by atoms with Crippen LogP contribution >= 0.6 is 23.1 Å². The Labute approximate surface area is 93.4 Å². The molecule has 76 valence electrons. The maximum Gasteiger partial charge on any atom is 0.103 e. The first kappa shape index (κ1) is 11.5. The third-order valence-electron chi connectivity index (χ3n) is 1.49. The van der Waals surface area contributed by atoms with Crippen molar-refractivity contribution in [2.45, 2.75) is 37.7 Å². The highest BCUT2D eigenvalue weighted by Gasteiger charge is 2.12. The van der Waals surface area contributed by atoms with Crippen molar-refractivity contribution in [1.82, 2.24) is 4.98 Å². The molecule has 0 aromatic carbocycles. The Bertz CT molecular complexity index is 331. The van der Waals surface area contributed by atoms with Crippen molar-refractivity contribution in [3.05, 3.63) is 16.1 Å². The van der Waals surface area contributed by atoms with Crippen LogP contribution in [0.2, 0.25) is 0 Å². The quantitative estimate of drug-likeness (QED) is 0.794. The summed E-state index contributed by atoms with van der Waals surface area (Å²) in [5, 5.41) is 11.6. The molecule has 1 rings (SSSR count). The molecule has 0 spiro atoms. The number of rotatable bonds is 3. The van der Waals surface area contributed by atoms with Gasteiger partial charge in [0.1, 0.15) is 5.01 Å². The number of nitrogens with zero attached hydrogens (tertiary/aromatic N) is 2. The van der Waals surface area contributed by atoms with Crippen LogP contribution in [0.15, 0.2) is 5.38 Å². The first-order valence-corrected chi connectivity index (χ1v) is 6.32. The minimum absolute atomic E-state index is 0.279. The molecule has 0 fully saturated rings. The van der Waals surface area contributed by atoms with Crippen LogP contribution in [0.25, 0.3) is 0 Å². The van der Waals surface area contributed by atoms with Crippen molar-refractivity contribution in [3.63, 3.8) is 0 Å². The Morgan fingerprint density at radius 3 is 2.86 bits per heavy atom. The molecule has 0 aliphatic carbocycles. The van der Waals surface area contributed by atoms with Gasteiger partial charge in [-0.3, -0.25) is 0 Å². The Kier molecular flexibility index (Phi) is 3.97. The predicted molar refractivity (Wildman–Crippen MR) is 62.5 cm³/mol. The summed E-state index contributed by atoms with van der Waals surface area (Å²) >= 11 is 3.53. The van der Waals surface area contributed by atoms with Crippen LogP contribution in [0.5, 0.6) is 0 Å². The van der Waals surface area contributed by atoms with Gasteiger partial charge in [0, 0.05) is 15.9 Å². The van der Waals surface area contributed by atoms with Crippen LogP contribution in [0.4, 0.5) is 0 Å². The van der Waals surface area contributed by atoms with Crippen molar-refractivity contribution >= 4 is 23.1 Å². The Morgan fingerprint density at radius 2 is 2.29 bits per heavy atom. The Morgan fingerprint density at radius 1 is 1.57 bits per heavy atom. The lowest BCUT2D eigenvalue weighted by molar-refractivity contribution is 0.802. The zero-order chi connectivity index (χ0) is 10.6. The zero-order valence-electron chi connectivity index (χ0n) is 8.70. The summed E-state index contributed by atoms with van der Waals surface area (Å²) < 4.78 is 0.279. The molecular formula is C10H14N2S2. The highest BCUT2D eigenvalue weighted by Crippen LogP contribution is 2.28. The van der Waals surface area contributed by atoms with E-state index >= 15 is 0 Å². The van der Waals surface area contributed by atoms with E-state index in [1.165, 1.54) is 0 Å². The summed E-state index contributed by atoms with van der Waals surface area (Å²) in [7, 11) is 0. The Balaban J connectivity index is 2.49. The van der Waals surface area contributed by atoms with Gasteiger partial charge in [-0.05, 0) is 0 Å². The maximum absolute atomic E-state index is 8.50. The zero-order valence-corrected chi connectivity index (χ0v) is 10.3. The highest BCUT2D eigenvalue weighted by molar-refractivity contribution is 7.99. The van der Waals surface area contributed by atoms with Crippen LogP contribution in [-0.2, 0) is 12.2 Å². The minimum Gasteiger partial charge on any atom is -0.244 e. The molecule has 4 heteroatoms. The van der Waals surface area contributed by atoms with Crippen LogP contribution in [0.3, 0.4) is 0 Å². The van der Waals surface area contributed by atoms with Crippen LogP contribution in [0, 0.1) is 11.3 Å². The van der Waals surface area contributed by atoms with E-state index < -0.39 is 0 Å². The van der Waals surface area contributed by atoms with E-state index in [0.717, 1.165) is 16.5 Å². The lowest BCUT2D eigenvalue weighted by Gasteiger charge is -2.15. The number of thiazole rings is 1. The Hall–Kier alpha value is -0.530. The van der Waals surface area contributed by atoms with E-state index in [1.54, 1.807) is 11.3 Å². The normalized spacial score (nSPS) is 11.3. The van der Waals surface area contributed by atoms with E-state index in [9.17, 15) is 0 Å². The van der Waals surface area contributed by atoms with Gasteiger partial charge in [0.2, 0.25) is 0 Å². The fraction of sp³-hybridized carbons (Fsp3) is 0.600. The molecule has 1 aromatic rings. The highest BCUT2D eigenvalue weighted by atomic mass is 32.2. The van der Waals surface area contributed by atoms with Gasteiger partial charge in [0.25, 0.3) is 0 Å². The van der Waals surface area contributed by atoms with Gasteiger partial charge >= 0.3 is 0 Å². The van der Waals surface area contributed by atoms with Crippen LogP contribution < -0.4 is 0 Å². The van der Waals surface area contributed by atoms with Crippen LogP contribution in [0.1, 0.15) is 31.5 Å². The third-order valence-corrected chi connectivity index (χ3v) is 3.85. The molecule has 0 atom stereocenters. The first-order chi connectivity index (χ1) is 6.51. The molecule has 0 aliphatic rings. The monoisotopic (exact) mass is 226 g/mol. The molecule has 0 amide bonds. The molecule has 14 heavy (non-hydrogen) atoms. The van der Waals surface area contributed by atoms with Crippen molar-refractivity contribution < 1.29 is 0 Å². The van der Waals surface area contributed by atoms with Gasteiger partial charge in [0.15, 0.2) is 0 Å². The number of hydrogen-bond donors (Lipinski definition) is 0. The lowest BCUT2D eigenvalue weighted by atomic mass is 10.3. The van der Waals surface area contributed by atoms with Crippen molar-refractivity contribution in [1.29, 1.82) is 5.26 Å². The third kappa shape index (κ3) is 4.12. The van der Waals surface area contributed by atoms with E-state index in [4.69, 9.17) is 5.26 Å². The number of aromatic nitrogens is 1. The summed E-state index contributed by atoms with van der Waals surface area (Å²) in [5.74, 6) is 0.944. The first-order valence-electron chi connectivity index (χ1n) is 4.45. The van der Waals surface area contributed by atoms with Gasteiger partial charge < -0.3 is 0 Å². The van der Waals surface area contributed by atoms with E-state index in [2.05, 4.69) is 31.8 Å². The average Bonchev–Trinajstić information content (AvgIpc) is 2.49. The van der Waals surface area contributed by atoms with Gasteiger partial charge in [0.05, 0.1) is 18.2 Å². The second-order valence-electron chi connectivity index (χ2n) is 3.97. The van der Waals surface area contributed by atoms with Crippen molar-refractivity contribution in [2.24, 2.45) is 0 Å². The molecule has 0 radical (unpaired) electrons. The predicted octanol–water partition coefficient (Wildman–Crippen LogP) is 3.24. The molecule has 0 bridgehead atoms. The summed E-state index contributed by atoms with van der Waals surface area (Å²) in [6, 6.07) is 2.11. The molecule has 0 saturated heterocycles. The topological polar surface area (TPSA) is 36.7 Å². The van der Waals surface area contributed by atoms with Crippen molar-refractivity contribution in [2.75, 3.05) is 0 Å². The minimum atomic E-state index is 0.279. The maximum atomic E-state index is 8.50. The molecule has 2 nitrogen and oxygen atoms in total. The number of nitriles is 1. The molecule has 0 N–H and O–H groups in total. The summed E-state index contributed by atoms with van der Waals surface area (Å²) in [4.78, 5) is 4.38. The summed E-state index contributed by atoms with van der Waals surface area (Å²) in [6.07, 6.45) is 0.427. The number of hydrogen-bond acceptors (Lipinski definition) is 4. The molecular weight excluding hydrogens is 212 g/mol. The van der Waals surface area contributed by atoms with Gasteiger partial charge in [-0.2, -0.15) is 5.26 Å². The van der Waals surface area contributed by atoms with E-state index in [0.29, 0.717) is 6.42 Å². The van der Waals surface area contributed by atoms with E-state index in [1.807, 2.05) is 17.1 Å². The fourth-order valence-electron chi connectivity index (χ4n) is 0.856. The molecule has 0 saturated carbocycles. The fourth-order valence-corrected chi connectivity index (χ4v) is 2.50. The molecule has 0 unspecified atom stereocenters. The lowest BCUT2D eigenvalue weighted by Crippen LogP contribution is -2.07. The summed E-state index contributed by atoms with van der Waals surface area (Å²) in [5.41, 5.74) is 0.905. The van der Waals surface area contributed by atoms with Gasteiger partial charge in [-0.1, -0.05) is 20.8 Å². The van der Waals surface area contributed by atoms with E-state index in [-0.39, 0.29) is 4.75 Å². The molecule has 0 aliphatic heterocycles. The average molecular weight is 226 g/mol. The smallest absolute Gasteiger partial charge is 0.103 e. The van der Waals surface area contributed by atoms with Gasteiger partial charge in [-0.25, -0.2) is 4.98 Å². The van der Waals surface area contributed by atoms with Gasteiger partial charge in [-0.15, -0.1) is 23.1 Å². The molecule has 1 aromatic heterocycles. The second kappa shape index (κ2) is 4.81. The SMILES string of the molecule is CC(C)(C)SCc1nc(CC#N)cs1. The largest absolute Gasteiger partial charge is 0.244 e. The standard InChI is InChI=1S/C10H14N2S2/c1-10(2,3)14-7-9-12-8(4-5-11)6-13-9/h6H,4,7H2,1-3H3.